The Morgan fingerprint density at radius 2 is 1.92 bits per heavy atom. The van der Waals surface area contributed by atoms with Crippen LogP contribution in [0.1, 0.15) is 12.0 Å². The summed E-state index contributed by atoms with van der Waals surface area (Å²) in [5.41, 5.74) is 1.47. The summed E-state index contributed by atoms with van der Waals surface area (Å²) in [6.45, 7) is 0.310. The Morgan fingerprint density at radius 3 is 2.69 bits per heavy atom. The van der Waals surface area contributed by atoms with Gasteiger partial charge in [0, 0.05) is 6.54 Å². The van der Waals surface area contributed by atoms with Crippen LogP contribution in [0.2, 0.25) is 0 Å². The van der Waals surface area contributed by atoms with Gasteiger partial charge in [-0.25, -0.2) is 0 Å². The highest BCUT2D eigenvalue weighted by atomic mass is 16.5. The van der Waals surface area contributed by atoms with Crippen LogP contribution < -0.4 is 24.8 Å². The van der Waals surface area contributed by atoms with Crippen LogP contribution in [0.3, 0.4) is 0 Å². The number of hydrogen-bond acceptors (Lipinski definition) is 5. The smallest absolute Gasteiger partial charge is 0.266 e. The summed E-state index contributed by atoms with van der Waals surface area (Å²) in [7, 11) is 3.11. The van der Waals surface area contributed by atoms with Crippen molar-refractivity contribution in [2.75, 3.05) is 19.5 Å². The lowest BCUT2D eigenvalue weighted by molar-refractivity contribution is -0.130. The molecule has 1 atom stereocenters. The molecule has 0 spiro atoms. The lowest BCUT2D eigenvalue weighted by Crippen LogP contribution is -2.40. The van der Waals surface area contributed by atoms with Gasteiger partial charge in [-0.05, 0) is 29.8 Å². The number of amides is 2. The highest BCUT2D eigenvalue weighted by molar-refractivity contribution is 5.99. The average Bonchev–Trinajstić information content (AvgIpc) is 2.66. The van der Waals surface area contributed by atoms with Gasteiger partial charge in [0.05, 0.1) is 26.3 Å². The van der Waals surface area contributed by atoms with Gasteiger partial charge in [-0.15, -0.1) is 0 Å². The maximum atomic E-state index is 12.2. The van der Waals surface area contributed by atoms with Crippen LogP contribution in [-0.4, -0.2) is 32.1 Å². The van der Waals surface area contributed by atoms with Crippen molar-refractivity contribution in [2.24, 2.45) is 0 Å². The van der Waals surface area contributed by atoms with Crippen molar-refractivity contribution in [1.29, 1.82) is 0 Å². The number of anilines is 1. The van der Waals surface area contributed by atoms with Crippen molar-refractivity contribution in [3.8, 4) is 17.2 Å². The predicted octanol–water partition coefficient (Wildman–Crippen LogP) is 2.11. The summed E-state index contributed by atoms with van der Waals surface area (Å²) >= 11 is 0. The molecule has 2 amide bonds. The van der Waals surface area contributed by atoms with E-state index >= 15 is 0 Å². The Labute approximate surface area is 151 Å². The van der Waals surface area contributed by atoms with Crippen molar-refractivity contribution in [2.45, 2.75) is 19.1 Å². The largest absolute Gasteiger partial charge is 0.493 e. The van der Waals surface area contributed by atoms with Crippen molar-refractivity contribution in [3.63, 3.8) is 0 Å². The Bertz CT molecular complexity index is 821. The van der Waals surface area contributed by atoms with E-state index in [4.69, 9.17) is 14.2 Å². The number of carbonyl (C=O) groups is 2. The fourth-order valence-corrected chi connectivity index (χ4v) is 2.66. The molecular formula is C19H20N2O5. The Kier molecular flexibility index (Phi) is 5.26. The first-order valence-electron chi connectivity index (χ1n) is 8.15. The predicted molar refractivity (Wildman–Crippen MR) is 95.5 cm³/mol. The SMILES string of the molecule is COc1ccc(CNC(=O)C[C@H]2Oc3ccccc3NC2=O)cc1OC. The quantitative estimate of drug-likeness (QED) is 0.828. The molecule has 7 heteroatoms. The Hall–Kier alpha value is -3.22. The third-order valence-electron chi connectivity index (χ3n) is 4.02. The summed E-state index contributed by atoms with van der Waals surface area (Å²) in [6.07, 6.45) is -0.914. The summed E-state index contributed by atoms with van der Waals surface area (Å²) in [5.74, 6) is 1.16. The molecule has 26 heavy (non-hydrogen) atoms. The average molecular weight is 356 g/mol. The third-order valence-corrected chi connectivity index (χ3v) is 4.02. The molecule has 1 heterocycles. The molecule has 136 valence electrons. The number of carbonyl (C=O) groups excluding carboxylic acids is 2. The van der Waals surface area contributed by atoms with Gasteiger partial charge < -0.3 is 24.8 Å². The molecule has 3 rings (SSSR count). The molecule has 7 nitrogen and oxygen atoms in total. The molecule has 2 aromatic carbocycles. The molecule has 0 aliphatic carbocycles. The van der Waals surface area contributed by atoms with E-state index in [1.165, 1.54) is 0 Å². The lowest BCUT2D eigenvalue weighted by atomic mass is 10.1. The van der Waals surface area contributed by atoms with E-state index in [0.29, 0.717) is 29.5 Å². The molecular weight excluding hydrogens is 336 g/mol. The maximum Gasteiger partial charge on any atom is 0.266 e. The van der Waals surface area contributed by atoms with Gasteiger partial charge in [0.25, 0.3) is 5.91 Å². The van der Waals surface area contributed by atoms with Crippen LogP contribution in [0, 0.1) is 0 Å². The molecule has 1 aliphatic heterocycles. The second-order valence-electron chi connectivity index (χ2n) is 5.76. The van der Waals surface area contributed by atoms with Crippen molar-refractivity contribution < 1.29 is 23.8 Å². The van der Waals surface area contributed by atoms with E-state index in [1.807, 2.05) is 12.1 Å². The van der Waals surface area contributed by atoms with E-state index in [-0.39, 0.29) is 18.2 Å². The summed E-state index contributed by atoms with van der Waals surface area (Å²) in [6, 6.07) is 12.5. The van der Waals surface area contributed by atoms with Gasteiger partial charge in [0.1, 0.15) is 5.75 Å². The van der Waals surface area contributed by atoms with Crippen molar-refractivity contribution >= 4 is 17.5 Å². The standard InChI is InChI=1S/C19H20N2O5/c1-24-15-8-7-12(9-16(15)25-2)11-20-18(22)10-17-19(23)21-13-5-3-4-6-14(13)26-17/h3-9,17H,10-11H2,1-2H3,(H,20,22)(H,21,23)/t17-/m1/s1. The minimum Gasteiger partial charge on any atom is -0.493 e. The van der Waals surface area contributed by atoms with Crippen molar-refractivity contribution in [1.82, 2.24) is 5.32 Å². The second-order valence-corrected chi connectivity index (χ2v) is 5.76. The van der Waals surface area contributed by atoms with E-state index in [2.05, 4.69) is 10.6 Å². The molecule has 0 saturated carbocycles. The molecule has 0 radical (unpaired) electrons. The van der Waals surface area contributed by atoms with Crippen molar-refractivity contribution in [3.05, 3.63) is 48.0 Å². The second kappa shape index (κ2) is 7.77. The Morgan fingerprint density at radius 1 is 1.15 bits per heavy atom. The minimum atomic E-state index is -0.852. The molecule has 0 unspecified atom stereocenters. The molecule has 0 fully saturated rings. The van der Waals surface area contributed by atoms with Crippen LogP contribution >= 0.6 is 0 Å². The summed E-state index contributed by atoms with van der Waals surface area (Å²) < 4.78 is 16.1. The van der Waals surface area contributed by atoms with Crippen LogP contribution in [0.5, 0.6) is 17.2 Å². The maximum absolute atomic E-state index is 12.2. The van der Waals surface area contributed by atoms with Gasteiger partial charge in [-0.3, -0.25) is 9.59 Å². The number of rotatable bonds is 6. The summed E-state index contributed by atoms with van der Waals surface area (Å²) in [5, 5.41) is 5.53. The normalized spacial score (nSPS) is 15.3. The number of benzene rings is 2. The third kappa shape index (κ3) is 3.88. The first-order valence-corrected chi connectivity index (χ1v) is 8.15. The van der Waals surface area contributed by atoms with Crippen LogP contribution in [0.4, 0.5) is 5.69 Å². The van der Waals surface area contributed by atoms with Gasteiger partial charge in [-0.2, -0.15) is 0 Å². The number of para-hydroxylation sites is 2. The summed E-state index contributed by atoms with van der Waals surface area (Å²) in [4.78, 5) is 24.3. The van der Waals surface area contributed by atoms with Gasteiger partial charge >= 0.3 is 0 Å². The number of fused-ring (bicyclic) bond motifs is 1. The van der Waals surface area contributed by atoms with E-state index < -0.39 is 6.10 Å². The monoisotopic (exact) mass is 356 g/mol. The topological polar surface area (TPSA) is 85.9 Å². The Balaban J connectivity index is 1.57. The number of hydrogen-bond donors (Lipinski definition) is 2. The van der Waals surface area contributed by atoms with E-state index in [0.717, 1.165) is 5.56 Å². The van der Waals surface area contributed by atoms with Gasteiger partial charge in [-0.1, -0.05) is 18.2 Å². The molecule has 2 aromatic rings. The molecule has 0 bridgehead atoms. The van der Waals surface area contributed by atoms with Gasteiger partial charge in [0.2, 0.25) is 5.91 Å². The molecule has 2 N–H and O–H groups in total. The van der Waals surface area contributed by atoms with E-state index in [1.54, 1.807) is 44.6 Å². The highest BCUT2D eigenvalue weighted by Gasteiger charge is 2.29. The molecule has 1 aliphatic rings. The lowest BCUT2D eigenvalue weighted by Gasteiger charge is -2.25. The zero-order valence-corrected chi connectivity index (χ0v) is 14.6. The molecule has 0 saturated heterocycles. The number of nitrogens with one attached hydrogen (secondary N) is 2. The first-order chi connectivity index (χ1) is 12.6. The number of methoxy groups -OCH3 is 2. The zero-order valence-electron chi connectivity index (χ0n) is 14.6. The zero-order chi connectivity index (χ0) is 18.5. The van der Waals surface area contributed by atoms with Crippen LogP contribution in [-0.2, 0) is 16.1 Å². The van der Waals surface area contributed by atoms with E-state index in [9.17, 15) is 9.59 Å². The van der Waals surface area contributed by atoms with Crippen LogP contribution in [0.25, 0.3) is 0 Å². The minimum absolute atomic E-state index is 0.0620. The number of ether oxygens (including phenoxy) is 3. The van der Waals surface area contributed by atoms with Crippen LogP contribution in [0.15, 0.2) is 42.5 Å². The fourth-order valence-electron chi connectivity index (χ4n) is 2.66. The highest BCUT2D eigenvalue weighted by Crippen LogP contribution is 2.30. The van der Waals surface area contributed by atoms with Gasteiger partial charge in [0.15, 0.2) is 17.6 Å². The molecule has 0 aromatic heterocycles. The fraction of sp³-hybridized carbons (Fsp3) is 0.263. The first kappa shape index (κ1) is 17.6.